The Morgan fingerprint density at radius 1 is 1.72 bits per heavy atom. The molecule has 2 rings (SSSR count). The van der Waals surface area contributed by atoms with Crippen LogP contribution in [0.1, 0.15) is 48.9 Å². The number of rotatable bonds is 3. The van der Waals surface area contributed by atoms with Gasteiger partial charge in [0.2, 0.25) is 5.76 Å². The molecule has 1 saturated carbocycles. The predicted molar refractivity (Wildman–Crippen MR) is 69.8 cm³/mol. The molecule has 0 aromatic carbocycles. The summed E-state index contributed by atoms with van der Waals surface area (Å²) in [5.41, 5.74) is 0.316. The second kappa shape index (κ2) is 5.31. The zero-order valence-electron chi connectivity index (χ0n) is 10.8. The summed E-state index contributed by atoms with van der Waals surface area (Å²) in [6.07, 6.45) is 5.45. The van der Waals surface area contributed by atoms with Crippen molar-refractivity contribution in [3.8, 4) is 0 Å². The highest BCUT2D eigenvalue weighted by atomic mass is 35.5. The second-order valence-corrected chi connectivity index (χ2v) is 5.60. The maximum Gasteiger partial charge on any atom is 0.289 e. The molecule has 0 radical (unpaired) electrons. The Kier molecular flexibility index (Phi) is 3.95. The first kappa shape index (κ1) is 13.4. The van der Waals surface area contributed by atoms with E-state index in [2.05, 4.69) is 17.2 Å². The topological polar surface area (TPSA) is 55.1 Å². The number of alkyl halides is 1. The van der Waals surface area contributed by atoms with Gasteiger partial charge in [0.25, 0.3) is 5.91 Å². The Bertz CT molecular complexity index is 432. The van der Waals surface area contributed by atoms with Crippen molar-refractivity contribution in [2.75, 3.05) is 5.88 Å². The molecule has 2 atom stereocenters. The van der Waals surface area contributed by atoms with Gasteiger partial charge in [-0.1, -0.05) is 19.8 Å². The van der Waals surface area contributed by atoms with Crippen LogP contribution in [0.2, 0.25) is 0 Å². The van der Waals surface area contributed by atoms with E-state index in [0.717, 1.165) is 19.3 Å². The highest BCUT2D eigenvalue weighted by molar-refractivity contribution is 6.19. The van der Waals surface area contributed by atoms with Crippen LogP contribution in [0, 0.1) is 12.8 Å². The molecule has 1 aromatic rings. The molecule has 1 amide bonds. The van der Waals surface area contributed by atoms with Crippen molar-refractivity contribution in [3.05, 3.63) is 17.8 Å². The monoisotopic (exact) mass is 270 g/mol. The summed E-state index contributed by atoms with van der Waals surface area (Å²) in [5, 5.41) is 3.05. The summed E-state index contributed by atoms with van der Waals surface area (Å²) in [5.74, 6) is 1.11. The van der Waals surface area contributed by atoms with Gasteiger partial charge in [-0.15, -0.1) is 11.6 Å². The third-order valence-corrected chi connectivity index (χ3v) is 4.19. The Morgan fingerprint density at radius 3 is 3.06 bits per heavy atom. The molecule has 0 saturated heterocycles. The predicted octanol–water partition coefficient (Wildman–Crippen LogP) is 2.90. The standard InChI is InChI=1S/C13H19ClN2O2/c1-9-4-3-5-13(6-9,7-14)16-12(17)11-10(2)15-8-18-11/h8-9H,3-7H2,1-2H3,(H,16,17). The van der Waals surface area contributed by atoms with E-state index < -0.39 is 0 Å². The van der Waals surface area contributed by atoms with E-state index in [9.17, 15) is 4.79 Å². The van der Waals surface area contributed by atoms with Crippen molar-refractivity contribution in [1.29, 1.82) is 0 Å². The van der Waals surface area contributed by atoms with Crippen LogP contribution in [0.4, 0.5) is 0 Å². The fourth-order valence-electron chi connectivity index (χ4n) is 2.75. The van der Waals surface area contributed by atoms with Gasteiger partial charge in [0, 0.05) is 5.88 Å². The Labute approximate surface area is 112 Å². The second-order valence-electron chi connectivity index (χ2n) is 5.34. The maximum absolute atomic E-state index is 12.2. The number of hydrogen-bond donors (Lipinski definition) is 1. The largest absolute Gasteiger partial charge is 0.438 e. The number of carbonyl (C=O) groups is 1. The number of nitrogens with one attached hydrogen (secondary N) is 1. The molecule has 0 bridgehead atoms. The van der Waals surface area contributed by atoms with E-state index in [4.69, 9.17) is 16.0 Å². The number of aromatic nitrogens is 1. The van der Waals surface area contributed by atoms with Crippen molar-refractivity contribution >= 4 is 17.5 Å². The van der Waals surface area contributed by atoms with Crippen LogP contribution < -0.4 is 5.32 Å². The molecule has 2 unspecified atom stereocenters. The third kappa shape index (κ3) is 2.69. The van der Waals surface area contributed by atoms with E-state index in [-0.39, 0.29) is 17.2 Å². The average molecular weight is 271 g/mol. The van der Waals surface area contributed by atoms with Crippen molar-refractivity contribution in [1.82, 2.24) is 10.3 Å². The Morgan fingerprint density at radius 2 is 2.50 bits per heavy atom. The maximum atomic E-state index is 12.2. The molecule has 100 valence electrons. The van der Waals surface area contributed by atoms with Crippen LogP contribution in [0.25, 0.3) is 0 Å². The lowest BCUT2D eigenvalue weighted by Crippen LogP contribution is -2.52. The van der Waals surface area contributed by atoms with Crippen LogP contribution in [0.5, 0.6) is 0 Å². The molecule has 1 fully saturated rings. The van der Waals surface area contributed by atoms with Gasteiger partial charge in [0.1, 0.15) is 0 Å². The molecular weight excluding hydrogens is 252 g/mol. The molecule has 1 heterocycles. The lowest BCUT2D eigenvalue weighted by atomic mass is 9.77. The van der Waals surface area contributed by atoms with Crippen LogP contribution >= 0.6 is 11.6 Å². The summed E-state index contributed by atoms with van der Waals surface area (Å²) in [6.45, 7) is 3.96. The van der Waals surface area contributed by atoms with Crippen LogP contribution in [-0.4, -0.2) is 22.3 Å². The van der Waals surface area contributed by atoms with Gasteiger partial charge >= 0.3 is 0 Å². The normalized spacial score (nSPS) is 28.1. The lowest BCUT2D eigenvalue weighted by molar-refractivity contribution is 0.0838. The van der Waals surface area contributed by atoms with Gasteiger partial charge in [-0.2, -0.15) is 0 Å². The van der Waals surface area contributed by atoms with E-state index >= 15 is 0 Å². The average Bonchev–Trinajstić information content (AvgIpc) is 2.75. The first-order valence-corrected chi connectivity index (χ1v) is 6.88. The zero-order chi connectivity index (χ0) is 13.2. The van der Waals surface area contributed by atoms with Crippen LogP contribution in [0.15, 0.2) is 10.8 Å². The SMILES string of the molecule is Cc1ncoc1C(=O)NC1(CCl)CCCC(C)C1. The molecule has 0 aliphatic heterocycles. The molecule has 5 heteroatoms. The third-order valence-electron chi connectivity index (χ3n) is 3.68. The molecule has 1 aromatic heterocycles. The van der Waals surface area contributed by atoms with Crippen LogP contribution in [-0.2, 0) is 0 Å². The van der Waals surface area contributed by atoms with E-state index in [0.29, 0.717) is 17.5 Å². The van der Waals surface area contributed by atoms with E-state index in [1.165, 1.54) is 12.8 Å². The molecule has 0 spiro atoms. The zero-order valence-corrected chi connectivity index (χ0v) is 11.6. The molecule has 4 nitrogen and oxygen atoms in total. The number of amides is 1. The quantitative estimate of drug-likeness (QED) is 0.859. The van der Waals surface area contributed by atoms with Crippen molar-refractivity contribution < 1.29 is 9.21 Å². The number of halogens is 1. The fraction of sp³-hybridized carbons (Fsp3) is 0.692. The lowest BCUT2D eigenvalue weighted by Gasteiger charge is -2.39. The van der Waals surface area contributed by atoms with Gasteiger partial charge in [-0.3, -0.25) is 4.79 Å². The van der Waals surface area contributed by atoms with Crippen molar-refractivity contribution in [2.24, 2.45) is 5.92 Å². The molecule has 1 aliphatic carbocycles. The molecule has 1 N–H and O–H groups in total. The summed E-state index contributed by atoms with van der Waals surface area (Å²) in [7, 11) is 0. The van der Waals surface area contributed by atoms with Gasteiger partial charge in [0.15, 0.2) is 6.39 Å². The van der Waals surface area contributed by atoms with E-state index in [1.807, 2.05) is 0 Å². The number of oxazole rings is 1. The number of aryl methyl sites for hydroxylation is 1. The summed E-state index contributed by atoms with van der Waals surface area (Å²) < 4.78 is 5.12. The van der Waals surface area contributed by atoms with Gasteiger partial charge in [-0.05, 0) is 25.7 Å². The van der Waals surface area contributed by atoms with Gasteiger partial charge in [0.05, 0.1) is 11.2 Å². The summed E-state index contributed by atoms with van der Waals surface area (Å²) in [4.78, 5) is 16.1. The highest BCUT2D eigenvalue weighted by Crippen LogP contribution is 2.33. The minimum atomic E-state index is -0.296. The summed E-state index contributed by atoms with van der Waals surface area (Å²) >= 11 is 6.09. The van der Waals surface area contributed by atoms with Gasteiger partial charge < -0.3 is 9.73 Å². The number of hydrogen-bond acceptors (Lipinski definition) is 3. The minimum absolute atomic E-state index is 0.209. The minimum Gasteiger partial charge on any atom is -0.438 e. The molecule has 18 heavy (non-hydrogen) atoms. The number of nitrogens with zero attached hydrogens (tertiary/aromatic N) is 1. The Balaban J connectivity index is 2.11. The first-order valence-electron chi connectivity index (χ1n) is 6.35. The summed E-state index contributed by atoms with van der Waals surface area (Å²) in [6, 6.07) is 0. The Hall–Kier alpha value is -1.03. The molecule has 1 aliphatic rings. The van der Waals surface area contributed by atoms with E-state index in [1.54, 1.807) is 6.92 Å². The van der Waals surface area contributed by atoms with Crippen molar-refractivity contribution in [3.63, 3.8) is 0 Å². The number of carbonyl (C=O) groups excluding carboxylic acids is 1. The first-order chi connectivity index (χ1) is 8.56. The smallest absolute Gasteiger partial charge is 0.289 e. The fourth-order valence-corrected chi connectivity index (χ4v) is 3.06. The highest BCUT2D eigenvalue weighted by Gasteiger charge is 2.36. The van der Waals surface area contributed by atoms with Crippen molar-refractivity contribution in [2.45, 2.75) is 45.1 Å². The molecular formula is C13H19ClN2O2. The van der Waals surface area contributed by atoms with Crippen LogP contribution in [0.3, 0.4) is 0 Å². The van der Waals surface area contributed by atoms with Gasteiger partial charge in [-0.25, -0.2) is 4.98 Å².